The normalized spacial score (nSPS) is 8.94. The summed E-state index contributed by atoms with van der Waals surface area (Å²) in [6.45, 7) is 0. The monoisotopic (exact) mass is 369 g/mol. The second-order valence-corrected chi connectivity index (χ2v) is 4.94. The van der Waals surface area contributed by atoms with Crippen molar-refractivity contribution in [3.8, 4) is 17.6 Å². The number of benzene rings is 2. The SMILES string of the molecule is N#Cc1cc(Br)c(O)c(Br)c1.Oc1ccccc1. The Morgan fingerprint density at radius 3 is 1.78 bits per heavy atom. The zero-order valence-electron chi connectivity index (χ0n) is 9.14. The Labute approximate surface area is 122 Å². The molecule has 0 radical (unpaired) electrons. The number of phenols is 2. The van der Waals surface area contributed by atoms with Gasteiger partial charge in [-0.05, 0) is 56.1 Å². The van der Waals surface area contributed by atoms with Crippen LogP contribution in [0, 0.1) is 11.3 Å². The fourth-order valence-corrected chi connectivity index (χ4v) is 2.24. The standard InChI is InChI=1S/C7H3Br2NO.C6H6O/c8-5-1-4(3-10)2-6(9)7(5)11;7-6-4-2-1-3-5-6/h1-2,11H;1-5,7H. The number of nitrogens with zero attached hydrogens (tertiary/aromatic N) is 1. The van der Waals surface area contributed by atoms with E-state index in [1.807, 2.05) is 12.1 Å². The van der Waals surface area contributed by atoms with Gasteiger partial charge in [-0.15, -0.1) is 0 Å². The van der Waals surface area contributed by atoms with Crippen LogP contribution in [0.1, 0.15) is 5.56 Å². The second-order valence-electron chi connectivity index (χ2n) is 3.24. The Balaban J connectivity index is 0.000000199. The number of phenolic OH excluding ortho intramolecular Hbond substituents is 2. The molecule has 0 heterocycles. The molecule has 0 aliphatic rings. The van der Waals surface area contributed by atoms with E-state index in [4.69, 9.17) is 10.4 Å². The maximum atomic E-state index is 9.22. The van der Waals surface area contributed by atoms with Crippen LogP contribution in [0.2, 0.25) is 0 Å². The van der Waals surface area contributed by atoms with Crippen molar-refractivity contribution in [3.63, 3.8) is 0 Å². The zero-order valence-corrected chi connectivity index (χ0v) is 12.3. The van der Waals surface area contributed by atoms with Gasteiger partial charge in [-0.1, -0.05) is 18.2 Å². The van der Waals surface area contributed by atoms with E-state index < -0.39 is 0 Å². The van der Waals surface area contributed by atoms with E-state index in [1.54, 1.807) is 36.4 Å². The molecule has 2 rings (SSSR count). The Kier molecular flexibility index (Phi) is 5.69. The lowest BCUT2D eigenvalue weighted by Gasteiger charge is -1.99. The van der Waals surface area contributed by atoms with Crippen LogP contribution in [-0.4, -0.2) is 10.2 Å². The van der Waals surface area contributed by atoms with E-state index in [0.717, 1.165) is 0 Å². The average Bonchev–Trinajstić information content (AvgIpc) is 2.37. The van der Waals surface area contributed by atoms with Gasteiger partial charge in [0, 0.05) is 0 Å². The van der Waals surface area contributed by atoms with Crippen molar-refractivity contribution in [2.75, 3.05) is 0 Å². The molecule has 0 spiro atoms. The lowest BCUT2D eigenvalue weighted by Crippen LogP contribution is -1.76. The Morgan fingerprint density at radius 1 is 0.944 bits per heavy atom. The van der Waals surface area contributed by atoms with Crippen LogP contribution in [0.5, 0.6) is 11.5 Å². The first kappa shape index (κ1) is 14.6. The van der Waals surface area contributed by atoms with Crippen LogP contribution < -0.4 is 0 Å². The first-order valence-corrected chi connectivity index (χ1v) is 6.45. The highest BCUT2D eigenvalue weighted by Crippen LogP contribution is 2.32. The maximum absolute atomic E-state index is 9.22. The maximum Gasteiger partial charge on any atom is 0.144 e. The fourth-order valence-electron chi connectivity index (χ4n) is 1.06. The van der Waals surface area contributed by atoms with Crippen molar-refractivity contribution in [1.82, 2.24) is 0 Å². The molecule has 2 aromatic rings. The summed E-state index contributed by atoms with van der Waals surface area (Å²) in [7, 11) is 0. The summed E-state index contributed by atoms with van der Waals surface area (Å²) in [6, 6.07) is 13.8. The van der Waals surface area contributed by atoms with Crippen molar-refractivity contribution < 1.29 is 10.2 Å². The van der Waals surface area contributed by atoms with E-state index in [0.29, 0.717) is 20.3 Å². The minimum atomic E-state index is 0.115. The topological polar surface area (TPSA) is 64.2 Å². The molecule has 0 fully saturated rings. The number of aromatic hydroxyl groups is 2. The summed E-state index contributed by atoms with van der Waals surface area (Å²) in [5.74, 6) is 0.437. The molecule has 0 saturated heterocycles. The minimum Gasteiger partial charge on any atom is -0.508 e. The van der Waals surface area contributed by atoms with Gasteiger partial charge in [-0.2, -0.15) is 5.26 Å². The summed E-state index contributed by atoms with van der Waals surface area (Å²) < 4.78 is 1.03. The molecule has 0 atom stereocenters. The highest BCUT2D eigenvalue weighted by molar-refractivity contribution is 9.11. The average molecular weight is 371 g/mol. The van der Waals surface area contributed by atoms with Gasteiger partial charge in [-0.3, -0.25) is 0 Å². The first-order chi connectivity index (χ1) is 8.54. The molecule has 0 amide bonds. The van der Waals surface area contributed by atoms with Crippen LogP contribution in [0.25, 0.3) is 0 Å². The van der Waals surface area contributed by atoms with E-state index in [-0.39, 0.29) is 5.75 Å². The summed E-state index contributed by atoms with van der Waals surface area (Å²) in [5.41, 5.74) is 0.501. The highest BCUT2D eigenvalue weighted by Gasteiger charge is 2.04. The van der Waals surface area contributed by atoms with Gasteiger partial charge in [0.25, 0.3) is 0 Å². The molecule has 0 saturated carbocycles. The number of para-hydroxylation sites is 1. The molecular weight excluding hydrogens is 362 g/mol. The summed E-state index contributed by atoms with van der Waals surface area (Å²) in [4.78, 5) is 0. The third kappa shape index (κ3) is 4.40. The number of hydrogen-bond acceptors (Lipinski definition) is 3. The van der Waals surface area contributed by atoms with E-state index in [2.05, 4.69) is 31.9 Å². The van der Waals surface area contributed by atoms with E-state index in [1.165, 1.54) is 0 Å². The van der Waals surface area contributed by atoms with Gasteiger partial charge < -0.3 is 10.2 Å². The molecule has 92 valence electrons. The predicted molar refractivity (Wildman–Crippen MR) is 76.3 cm³/mol. The van der Waals surface area contributed by atoms with Crippen LogP contribution in [0.4, 0.5) is 0 Å². The molecule has 5 heteroatoms. The Bertz CT molecular complexity index is 542. The van der Waals surface area contributed by atoms with Crippen molar-refractivity contribution in [2.45, 2.75) is 0 Å². The Hall–Kier alpha value is -1.51. The molecule has 2 aromatic carbocycles. The van der Waals surface area contributed by atoms with Crippen molar-refractivity contribution in [1.29, 1.82) is 5.26 Å². The van der Waals surface area contributed by atoms with Gasteiger partial charge in [0.1, 0.15) is 11.5 Å². The summed E-state index contributed by atoms with van der Waals surface area (Å²) in [5, 5.41) is 26.4. The van der Waals surface area contributed by atoms with Crippen molar-refractivity contribution in [2.24, 2.45) is 0 Å². The lowest BCUT2D eigenvalue weighted by molar-refractivity contribution is 0.468. The van der Waals surface area contributed by atoms with Gasteiger partial charge in [0.05, 0.1) is 20.6 Å². The largest absolute Gasteiger partial charge is 0.508 e. The molecule has 0 aliphatic carbocycles. The minimum absolute atomic E-state index is 0.115. The molecule has 18 heavy (non-hydrogen) atoms. The van der Waals surface area contributed by atoms with Crippen LogP contribution in [0.15, 0.2) is 51.4 Å². The van der Waals surface area contributed by atoms with Crippen molar-refractivity contribution in [3.05, 3.63) is 57.0 Å². The number of hydrogen-bond donors (Lipinski definition) is 2. The number of rotatable bonds is 0. The van der Waals surface area contributed by atoms with E-state index in [9.17, 15) is 5.11 Å². The molecule has 0 unspecified atom stereocenters. The lowest BCUT2D eigenvalue weighted by atomic mass is 10.2. The van der Waals surface area contributed by atoms with Gasteiger partial charge in [0.2, 0.25) is 0 Å². The quantitative estimate of drug-likeness (QED) is 0.731. The third-order valence-corrected chi connectivity index (χ3v) is 3.11. The predicted octanol–water partition coefficient (Wildman–Crippen LogP) is 4.18. The highest BCUT2D eigenvalue weighted by atomic mass is 79.9. The summed E-state index contributed by atoms with van der Waals surface area (Å²) >= 11 is 6.21. The third-order valence-electron chi connectivity index (χ3n) is 1.90. The Morgan fingerprint density at radius 2 is 1.44 bits per heavy atom. The number of halogens is 2. The molecule has 0 aromatic heterocycles. The number of nitriles is 1. The van der Waals surface area contributed by atoms with Crippen LogP contribution in [-0.2, 0) is 0 Å². The molecule has 0 bridgehead atoms. The zero-order chi connectivity index (χ0) is 13.5. The van der Waals surface area contributed by atoms with Gasteiger partial charge in [-0.25, -0.2) is 0 Å². The first-order valence-electron chi connectivity index (χ1n) is 4.86. The van der Waals surface area contributed by atoms with Crippen molar-refractivity contribution >= 4 is 31.9 Å². The van der Waals surface area contributed by atoms with Gasteiger partial charge >= 0.3 is 0 Å². The fraction of sp³-hybridized carbons (Fsp3) is 0. The summed E-state index contributed by atoms with van der Waals surface area (Å²) in [6.07, 6.45) is 0. The van der Waals surface area contributed by atoms with E-state index >= 15 is 0 Å². The second kappa shape index (κ2) is 7.04. The molecule has 3 nitrogen and oxygen atoms in total. The molecule has 0 aliphatic heterocycles. The smallest absolute Gasteiger partial charge is 0.144 e. The van der Waals surface area contributed by atoms with Gasteiger partial charge in [0.15, 0.2) is 0 Å². The van der Waals surface area contributed by atoms with Crippen LogP contribution >= 0.6 is 31.9 Å². The molecular formula is C13H9Br2NO2. The van der Waals surface area contributed by atoms with Crippen LogP contribution in [0.3, 0.4) is 0 Å². The molecule has 2 N–H and O–H groups in total.